The average Bonchev–Trinajstić information content (AvgIpc) is 2.64. The number of pyridine rings is 1. The standard InChI is InChI=1S/C18H25N3O4/c1-24-18(25-2)12-7-9-21(10-8-12)15-5-3-13(11-19-15)14-4-6-16(22)20-17(14)23/h3,5,11-12,14,18H,4,6-10H2,1-2H3,(H,20,22,23). The lowest BCUT2D eigenvalue weighted by atomic mass is 9.91. The summed E-state index contributed by atoms with van der Waals surface area (Å²) in [4.78, 5) is 30.0. The summed E-state index contributed by atoms with van der Waals surface area (Å²) in [5.74, 6) is 0.611. The molecule has 2 amide bonds. The molecular weight excluding hydrogens is 322 g/mol. The summed E-state index contributed by atoms with van der Waals surface area (Å²) in [5, 5.41) is 2.39. The molecule has 1 unspecified atom stereocenters. The van der Waals surface area contributed by atoms with Crippen molar-refractivity contribution in [1.29, 1.82) is 0 Å². The number of anilines is 1. The van der Waals surface area contributed by atoms with Gasteiger partial charge in [-0.1, -0.05) is 6.07 Å². The molecule has 0 aliphatic carbocycles. The van der Waals surface area contributed by atoms with E-state index in [1.807, 2.05) is 12.1 Å². The highest BCUT2D eigenvalue weighted by Gasteiger charge is 2.29. The minimum absolute atomic E-state index is 0.148. The number of ether oxygens (including phenoxy) is 2. The molecule has 0 bridgehead atoms. The zero-order valence-electron chi connectivity index (χ0n) is 14.7. The van der Waals surface area contributed by atoms with Crippen molar-refractivity contribution in [2.75, 3.05) is 32.2 Å². The predicted molar refractivity (Wildman–Crippen MR) is 92.1 cm³/mol. The molecule has 0 spiro atoms. The predicted octanol–water partition coefficient (Wildman–Crippen LogP) is 1.44. The van der Waals surface area contributed by atoms with Crippen LogP contribution in [0.5, 0.6) is 0 Å². The third-order valence-electron chi connectivity index (χ3n) is 5.13. The minimum Gasteiger partial charge on any atom is -0.357 e. The van der Waals surface area contributed by atoms with E-state index in [1.54, 1.807) is 20.4 Å². The molecule has 3 rings (SSSR count). The van der Waals surface area contributed by atoms with E-state index in [0.717, 1.165) is 37.3 Å². The molecular formula is C18H25N3O4. The third-order valence-corrected chi connectivity index (χ3v) is 5.13. The second-order valence-electron chi connectivity index (χ2n) is 6.62. The number of nitrogens with zero attached hydrogens (tertiary/aromatic N) is 2. The van der Waals surface area contributed by atoms with Crippen molar-refractivity contribution >= 4 is 17.6 Å². The molecule has 2 saturated heterocycles. The van der Waals surface area contributed by atoms with Gasteiger partial charge in [-0.25, -0.2) is 4.98 Å². The van der Waals surface area contributed by atoms with Crippen molar-refractivity contribution < 1.29 is 19.1 Å². The number of amides is 2. The Hall–Kier alpha value is -1.99. The van der Waals surface area contributed by atoms with Crippen molar-refractivity contribution in [3.05, 3.63) is 23.9 Å². The Kier molecular flexibility index (Phi) is 5.65. The van der Waals surface area contributed by atoms with Crippen LogP contribution in [-0.2, 0) is 19.1 Å². The molecule has 1 N–H and O–H groups in total. The number of piperidine rings is 2. The molecule has 1 aromatic heterocycles. The number of aromatic nitrogens is 1. The molecule has 136 valence electrons. The van der Waals surface area contributed by atoms with Crippen molar-refractivity contribution in [2.24, 2.45) is 5.92 Å². The summed E-state index contributed by atoms with van der Waals surface area (Å²) in [6, 6.07) is 3.91. The lowest BCUT2D eigenvalue weighted by Crippen LogP contribution is -2.40. The topological polar surface area (TPSA) is 80.8 Å². The Bertz CT molecular complexity index is 607. The molecule has 1 atom stereocenters. The molecule has 2 aliphatic rings. The van der Waals surface area contributed by atoms with E-state index in [9.17, 15) is 9.59 Å². The Morgan fingerprint density at radius 1 is 1.16 bits per heavy atom. The molecule has 7 nitrogen and oxygen atoms in total. The molecule has 2 fully saturated rings. The summed E-state index contributed by atoms with van der Waals surface area (Å²) in [6.07, 6.45) is 4.52. The van der Waals surface area contributed by atoms with E-state index >= 15 is 0 Å². The quantitative estimate of drug-likeness (QED) is 0.641. The lowest BCUT2D eigenvalue weighted by Gasteiger charge is -2.35. The van der Waals surface area contributed by atoms with Crippen LogP contribution in [0.3, 0.4) is 0 Å². The van der Waals surface area contributed by atoms with Gasteiger partial charge in [-0.3, -0.25) is 14.9 Å². The Morgan fingerprint density at radius 2 is 1.88 bits per heavy atom. The summed E-state index contributed by atoms with van der Waals surface area (Å²) in [7, 11) is 3.35. The number of hydrogen-bond donors (Lipinski definition) is 1. The SMILES string of the molecule is COC(OC)C1CCN(c2ccc(C3CCC(=O)NC3=O)cn2)CC1. The van der Waals surface area contributed by atoms with E-state index in [2.05, 4.69) is 15.2 Å². The monoisotopic (exact) mass is 347 g/mol. The van der Waals surface area contributed by atoms with Crippen LogP contribution in [0.15, 0.2) is 18.3 Å². The highest BCUT2D eigenvalue weighted by Crippen LogP contribution is 2.28. The number of nitrogens with one attached hydrogen (secondary N) is 1. The molecule has 1 aromatic rings. The van der Waals surface area contributed by atoms with E-state index in [1.165, 1.54) is 0 Å². The number of carbonyl (C=O) groups is 2. The van der Waals surface area contributed by atoms with Gasteiger partial charge < -0.3 is 14.4 Å². The number of hydrogen-bond acceptors (Lipinski definition) is 6. The first kappa shape index (κ1) is 17.8. The maximum Gasteiger partial charge on any atom is 0.234 e. The number of imide groups is 1. The molecule has 25 heavy (non-hydrogen) atoms. The first-order chi connectivity index (χ1) is 12.1. The zero-order valence-corrected chi connectivity index (χ0v) is 14.7. The summed E-state index contributed by atoms with van der Waals surface area (Å²) >= 11 is 0. The van der Waals surface area contributed by atoms with E-state index in [0.29, 0.717) is 18.8 Å². The van der Waals surface area contributed by atoms with Gasteiger partial charge in [0.05, 0.1) is 5.92 Å². The van der Waals surface area contributed by atoms with Gasteiger partial charge in [-0.05, 0) is 30.9 Å². The Labute approximate surface area is 147 Å². The second-order valence-corrected chi connectivity index (χ2v) is 6.62. The highest BCUT2D eigenvalue weighted by molar-refractivity contribution is 6.00. The number of carbonyl (C=O) groups excluding carboxylic acids is 2. The van der Waals surface area contributed by atoms with Crippen LogP contribution in [0.4, 0.5) is 5.82 Å². The van der Waals surface area contributed by atoms with Gasteiger partial charge in [0.25, 0.3) is 0 Å². The van der Waals surface area contributed by atoms with Crippen molar-refractivity contribution in [1.82, 2.24) is 10.3 Å². The third kappa shape index (κ3) is 3.99. The van der Waals surface area contributed by atoms with Gasteiger partial charge in [0.2, 0.25) is 11.8 Å². The molecule has 0 aromatic carbocycles. The van der Waals surface area contributed by atoms with Gasteiger partial charge in [0.15, 0.2) is 6.29 Å². The van der Waals surface area contributed by atoms with Crippen molar-refractivity contribution in [3.63, 3.8) is 0 Å². The molecule has 0 radical (unpaired) electrons. The minimum atomic E-state index is -0.283. The molecule has 7 heteroatoms. The Balaban J connectivity index is 1.60. The van der Waals surface area contributed by atoms with Crippen molar-refractivity contribution in [2.45, 2.75) is 37.9 Å². The molecule has 3 heterocycles. The van der Waals surface area contributed by atoms with E-state index in [4.69, 9.17) is 9.47 Å². The summed E-state index contributed by atoms with van der Waals surface area (Å²) < 4.78 is 10.7. The van der Waals surface area contributed by atoms with Gasteiger partial charge >= 0.3 is 0 Å². The van der Waals surface area contributed by atoms with Gasteiger partial charge in [0.1, 0.15) is 5.82 Å². The fraction of sp³-hybridized carbons (Fsp3) is 0.611. The maximum absolute atomic E-state index is 12.0. The average molecular weight is 347 g/mol. The Morgan fingerprint density at radius 3 is 2.44 bits per heavy atom. The highest BCUT2D eigenvalue weighted by atomic mass is 16.7. The summed E-state index contributed by atoms with van der Waals surface area (Å²) in [5.41, 5.74) is 0.863. The van der Waals surface area contributed by atoms with Gasteiger partial charge in [0, 0.05) is 45.8 Å². The van der Waals surface area contributed by atoms with E-state index < -0.39 is 0 Å². The lowest BCUT2D eigenvalue weighted by molar-refractivity contribution is -0.141. The van der Waals surface area contributed by atoms with Gasteiger partial charge in [-0.15, -0.1) is 0 Å². The summed E-state index contributed by atoms with van der Waals surface area (Å²) in [6.45, 7) is 1.80. The molecule has 2 aliphatic heterocycles. The van der Waals surface area contributed by atoms with Crippen LogP contribution in [-0.4, -0.2) is 50.4 Å². The largest absolute Gasteiger partial charge is 0.357 e. The van der Waals surface area contributed by atoms with Gasteiger partial charge in [-0.2, -0.15) is 0 Å². The van der Waals surface area contributed by atoms with Crippen LogP contribution >= 0.6 is 0 Å². The number of rotatable bonds is 5. The first-order valence-electron chi connectivity index (χ1n) is 8.72. The fourth-order valence-corrected chi connectivity index (χ4v) is 3.68. The van der Waals surface area contributed by atoms with E-state index in [-0.39, 0.29) is 24.0 Å². The smallest absolute Gasteiger partial charge is 0.234 e. The second kappa shape index (κ2) is 7.93. The fourth-order valence-electron chi connectivity index (χ4n) is 3.68. The maximum atomic E-state index is 12.0. The van der Waals surface area contributed by atoms with Crippen molar-refractivity contribution in [3.8, 4) is 0 Å². The van der Waals surface area contributed by atoms with Crippen LogP contribution in [0.1, 0.15) is 37.2 Å². The van der Waals surface area contributed by atoms with Crippen LogP contribution in [0, 0.1) is 5.92 Å². The van der Waals surface area contributed by atoms with Crippen LogP contribution < -0.4 is 10.2 Å². The number of methoxy groups -OCH3 is 2. The zero-order chi connectivity index (χ0) is 17.8. The van der Waals surface area contributed by atoms with Crippen LogP contribution in [0.2, 0.25) is 0 Å². The normalized spacial score (nSPS) is 22.4. The van der Waals surface area contributed by atoms with Crippen LogP contribution in [0.25, 0.3) is 0 Å². The molecule has 0 saturated carbocycles. The first-order valence-corrected chi connectivity index (χ1v) is 8.72.